The predicted molar refractivity (Wildman–Crippen MR) is 68.5 cm³/mol. The SMILES string of the molecule is O=C(c1cccc([N+](=O)[O-])c1O)N1CCS(=O)CC1. The second-order valence-electron chi connectivity index (χ2n) is 4.07. The van der Waals surface area contributed by atoms with Gasteiger partial charge < -0.3 is 10.0 Å². The number of nitro groups is 1. The van der Waals surface area contributed by atoms with Crippen molar-refractivity contribution in [2.75, 3.05) is 24.6 Å². The number of phenols is 1. The maximum atomic E-state index is 12.1. The first kappa shape index (κ1) is 13.5. The zero-order chi connectivity index (χ0) is 14.0. The first-order valence-corrected chi connectivity index (χ1v) is 7.10. The van der Waals surface area contributed by atoms with E-state index in [4.69, 9.17) is 0 Å². The fraction of sp³-hybridized carbons (Fsp3) is 0.364. The molecule has 1 fully saturated rings. The van der Waals surface area contributed by atoms with Crippen molar-refractivity contribution >= 4 is 22.4 Å². The van der Waals surface area contributed by atoms with Gasteiger partial charge in [0.05, 0.1) is 10.5 Å². The Balaban J connectivity index is 2.27. The van der Waals surface area contributed by atoms with Gasteiger partial charge in [0.15, 0.2) is 0 Å². The summed E-state index contributed by atoms with van der Waals surface area (Å²) >= 11 is 0. The van der Waals surface area contributed by atoms with E-state index < -0.39 is 33.1 Å². The predicted octanol–water partition coefficient (Wildman–Crippen LogP) is 0.505. The second kappa shape index (κ2) is 5.35. The van der Waals surface area contributed by atoms with Gasteiger partial charge in [-0.1, -0.05) is 6.07 Å². The van der Waals surface area contributed by atoms with Crippen molar-refractivity contribution in [1.29, 1.82) is 0 Å². The van der Waals surface area contributed by atoms with E-state index in [9.17, 15) is 24.2 Å². The van der Waals surface area contributed by atoms with Crippen LogP contribution in [-0.4, -0.2) is 49.6 Å². The molecule has 0 atom stereocenters. The van der Waals surface area contributed by atoms with Gasteiger partial charge in [-0.2, -0.15) is 0 Å². The van der Waals surface area contributed by atoms with Crippen LogP contribution in [0, 0.1) is 10.1 Å². The summed E-state index contributed by atoms with van der Waals surface area (Å²) in [6.45, 7) is 0.654. The summed E-state index contributed by atoms with van der Waals surface area (Å²) in [5, 5.41) is 20.5. The normalized spacial score (nSPS) is 16.3. The summed E-state index contributed by atoms with van der Waals surface area (Å²) in [6, 6.07) is 3.83. The van der Waals surface area contributed by atoms with E-state index in [1.165, 1.54) is 17.0 Å². The number of aromatic hydroxyl groups is 1. The topological polar surface area (TPSA) is 101 Å². The largest absolute Gasteiger partial charge is 0.502 e. The van der Waals surface area contributed by atoms with E-state index in [0.717, 1.165) is 6.07 Å². The van der Waals surface area contributed by atoms with Crippen molar-refractivity contribution in [3.05, 3.63) is 33.9 Å². The van der Waals surface area contributed by atoms with E-state index in [1.54, 1.807) is 0 Å². The monoisotopic (exact) mass is 284 g/mol. The Morgan fingerprint density at radius 1 is 1.37 bits per heavy atom. The molecule has 0 unspecified atom stereocenters. The molecule has 0 aliphatic carbocycles. The summed E-state index contributed by atoms with van der Waals surface area (Å²) in [5.41, 5.74) is -0.590. The van der Waals surface area contributed by atoms with Crippen LogP contribution in [-0.2, 0) is 10.8 Å². The number of hydrogen-bond acceptors (Lipinski definition) is 5. The lowest BCUT2D eigenvalue weighted by Gasteiger charge is -2.26. The molecular weight excluding hydrogens is 272 g/mol. The highest BCUT2D eigenvalue weighted by molar-refractivity contribution is 7.85. The Kier molecular flexibility index (Phi) is 3.79. The number of para-hydroxylation sites is 1. The van der Waals surface area contributed by atoms with Gasteiger partial charge in [-0.3, -0.25) is 19.1 Å². The summed E-state index contributed by atoms with van der Waals surface area (Å²) in [5.74, 6) is -0.315. The first-order chi connectivity index (χ1) is 9.00. The molecule has 0 aromatic heterocycles. The molecule has 19 heavy (non-hydrogen) atoms. The highest BCUT2D eigenvalue weighted by Gasteiger charge is 2.26. The summed E-state index contributed by atoms with van der Waals surface area (Å²) < 4.78 is 11.2. The van der Waals surface area contributed by atoms with Gasteiger partial charge in [-0.15, -0.1) is 0 Å². The minimum atomic E-state index is -0.916. The number of phenolic OH excluding ortho intramolecular Hbond substituents is 1. The molecule has 1 heterocycles. The Morgan fingerprint density at radius 2 is 2.00 bits per heavy atom. The van der Waals surface area contributed by atoms with Crippen molar-refractivity contribution in [2.24, 2.45) is 0 Å². The lowest BCUT2D eigenvalue weighted by molar-refractivity contribution is -0.385. The van der Waals surface area contributed by atoms with Crippen LogP contribution < -0.4 is 0 Å². The van der Waals surface area contributed by atoms with Gasteiger partial charge in [0.1, 0.15) is 0 Å². The molecule has 0 radical (unpaired) electrons. The van der Waals surface area contributed by atoms with Gasteiger partial charge in [0.2, 0.25) is 5.75 Å². The summed E-state index contributed by atoms with van der Waals surface area (Å²) in [6.07, 6.45) is 0. The van der Waals surface area contributed by atoms with Crippen molar-refractivity contribution in [3.63, 3.8) is 0 Å². The van der Waals surface area contributed by atoms with E-state index in [0.29, 0.717) is 24.6 Å². The zero-order valence-corrected chi connectivity index (χ0v) is 10.8. The number of amides is 1. The van der Waals surface area contributed by atoms with Crippen molar-refractivity contribution in [2.45, 2.75) is 0 Å². The number of carbonyl (C=O) groups excluding carboxylic acids is 1. The minimum absolute atomic E-state index is 0.0955. The molecule has 1 aromatic carbocycles. The fourth-order valence-electron chi connectivity index (χ4n) is 1.86. The van der Waals surface area contributed by atoms with Crippen molar-refractivity contribution < 1.29 is 19.0 Å². The molecule has 0 saturated carbocycles. The average molecular weight is 284 g/mol. The summed E-state index contributed by atoms with van der Waals surface area (Å²) in [7, 11) is -0.916. The second-order valence-corrected chi connectivity index (χ2v) is 5.77. The molecule has 1 aliphatic rings. The third-order valence-corrected chi connectivity index (χ3v) is 4.18. The quantitative estimate of drug-likeness (QED) is 0.629. The molecule has 2 rings (SSSR count). The van der Waals surface area contributed by atoms with Crippen LogP contribution in [0.25, 0.3) is 0 Å². The van der Waals surface area contributed by atoms with E-state index >= 15 is 0 Å². The van der Waals surface area contributed by atoms with Gasteiger partial charge >= 0.3 is 5.69 Å². The maximum absolute atomic E-state index is 12.1. The molecule has 1 aromatic rings. The number of benzene rings is 1. The van der Waals surface area contributed by atoms with E-state index in [-0.39, 0.29) is 5.56 Å². The highest BCUT2D eigenvalue weighted by atomic mass is 32.2. The van der Waals surface area contributed by atoms with Crippen LogP contribution in [0.3, 0.4) is 0 Å². The molecule has 1 aliphatic heterocycles. The molecule has 1 saturated heterocycles. The maximum Gasteiger partial charge on any atom is 0.311 e. The molecule has 1 amide bonds. The average Bonchev–Trinajstić information content (AvgIpc) is 2.38. The Morgan fingerprint density at radius 3 is 2.58 bits per heavy atom. The smallest absolute Gasteiger partial charge is 0.311 e. The Labute approximate surface area is 111 Å². The van der Waals surface area contributed by atoms with Crippen molar-refractivity contribution in [3.8, 4) is 5.75 Å². The van der Waals surface area contributed by atoms with Crippen LogP contribution in [0.15, 0.2) is 18.2 Å². The lowest BCUT2D eigenvalue weighted by atomic mass is 10.1. The number of nitro benzene ring substituents is 1. The Bertz CT molecular complexity index is 550. The van der Waals surface area contributed by atoms with Crippen molar-refractivity contribution in [1.82, 2.24) is 4.90 Å². The molecule has 102 valence electrons. The standard InChI is InChI=1S/C11H12N2O5S/c14-10-8(2-1-3-9(10)13(16)17)11(15)12-4-6-19(18)7-5-12/h1-3,14H,4-7H2. The first-order valence-electron chi connectivity index (χ1n) is 5.61. The molecule has 0 bridgehead atoms. The van der Waals surface area contributed by atoms with Crippen LogP contribution in [0.1, 0.15) is 10.4 Å². The fourth-order valence-corrected chi connectivity index (χ4v) is 2.91. The van der Waals surface area contributed by atoms with Crippen LogP contribution >= 0.6 is 0 Å². The lowest BCUT2D eigenvalue weighted by Crippen LogP contribution is -2.41. The van der Waals surface area contributed by atoms with Crippen LogP contribution in [0.2, 0.25) is 0 Å². The molecule has 0 spiro atoms. The van der Waals surface area contributed by atoms with E-state index in [1.807, 2.05) is 0 Å². The highest BCUT2D eigenvalue weighted by Crippen LogP contribution is 2.30. The van der Waals surface area contributed by atoms with Crippen LogP contribution in [0.5, 0.6) is 5.75 Å². The minimum Gasteiger partial charge on any atom is -0.502 e. The molecular formula is C11H12N2O5S. The Hall–Kier alpha value is -1.96. The number of hydrogen-bond donors (Lipinski definition) is 1. The third-order valence-electron chi connectivity index (χ3n) is 2.91. The number of carbonyl (C=O) groups is 1. The zero-order valence-electron chi connectivity index (χ0n) is 9.94. The van der Waals surface area contributed by atoms with Gasteiger partial charge in [-0.05, 0) is 6.07 Å². The van der Waals surface area contributed by atoms with E-state index in [2.05, 4.69) is 0 Å². The molecule has 1 N–H and O–H groups in total. The molecule has 7 nitrogen and oxygen atoms in total. The van der Waals surface area contributed by atoms with Gasteiger partial charge in [0, 0.05) is 41.5 Å². The molecule has 8 heteroatoms. The number of rotatable bonds is 2. The van der Waals surface area contributed by atoms with Gasteiger partial charge in [0.25, 0.3) is 5.91 Å². The third kappa shape index (κ3) is 2.73. The summed E-state index contributed by atoms with van der Waals surface area (Å²) in [4.78, 5) is 23.5. The van der Waals surface area contributed by atoms with Gasteiger partial charge in [-0.25, -0.2) is 0 Å². The van der Waals surface area contributed by atoms with Crippen LogP contribution in [0.4, 0.5) is 5.69 Å². The number of nitrogens with zero attached hydrogens (tertiary/aromatic N) is 2.